The van der Waals surface area contributed by atoms with Gasteiger partial charge in [-0.15, -0.1) is 0 Å². The summed E-state index contributed by atoms with van der Waals surface area (Å²) in [5, 5.41) is 11.0. The van der Waals surface area contributed by atoms with Crippen molar-refractivity contribution in [1.82, 2.24) is 25.2 Å². The first-order valence-corrected chi connectivity index (χ1v) is 6.22. The third kappa shape index (κ3) is 2.95. The second-order valence-corrected chi connectivity index (χ2v) is 4.43. The van der Waals surface area contributed by atoms with Crippen molar-refractivity contribution in [3.05, 3.63) is 29.6 Å². The molecule has 0 saturated carbocycles. The third-order valence-electron chi connectivity index (χ3n) is 2.95. The van der Waals surface area contributed by atoms with Gasteiger partial charge < -0.3 is 9.88 Å². The van der Waals surface area contributed by atoms with Crippen LogP contribution < -0.4 is 5.32 Å². The van der Waals surface area contributed by atoms with Crippen molar-refractivity contribution in [2.75, 3.05) is 0 Å². The molecular weight excluding hydrogens is 230 g/mol. The van der Waals surface area contributed by atoms with E-state index in [-0.39, 0.29) is 0 Å². The average Bonchev–Trinajstić information content (AvgIpc) is 2.95. The number of hydrogen-bond donors (Lipinski definition) is 1. The summed E-state index contributed by atoms with van der Waals surface area (Å²) >= 11 is 0. The Balaban J connectivity index is 1.86. The minimum Gasteiger partial charge on any atom is -0.333 e. The summed E-state index contributed by atoms with van der Waals surface area (Å²) < 4.78 is 6.84. The van der Waals surface area contributed by atoms with Crippen LogP contribution in [0.1, 0.15) is 31.1 Å². The van der Waals surface area contributed by atoms with Gasteiger partial charge in [0.1, 0.15) is 17.2 Å². The molecule has 0 bridgehead atoms. The van der Waals surface area contributed by atoms with E-state index in [9.17, 15) is 0 Å². The van der Waals surface area contributed by atoms with Gasteiger partial charge in [0.2, 0.25) is 0 Å². The minimum absolute atomic E-state index is 0.334. The van der Waals surface area contributed by atoms with Crippen LogP contribution in [0.15, 0.2) is 17.0 Å². The van der Waals surface area contributed by atoms with E-state index in [4.69, 9.17) is 0 Å². The molecule has 0 aliphatic heterocycles. The van der Waals surface area contributed by atoms with Crippen molar-refractivity contribution in [3.8, 4) is 0 Å². The standard InChI is InChI=1S/C12H19N5O/c1-4-12-13-5-6-17(12)8-9(2)14-7-11-10(3)15-18-16-11/h5-6,9,14H,4,7-8H2,1-3H3. The second kappa shape index (κ2) is 5.77. The van der Waals surface area contributed by atoms with Gasteiger partial charge in [0, 0.05) is 37.9 Å². The predicted octanol–water partition coefficient (Wildman–Crippen LogP) is 1.32. The van der Waals surface area contributed by atoms with Crippen LogP contribution in [0.25, 0.3) is 0 Å². The molecule has 18 heavy (non-hydrogen) atoms. The molecule has 0 aliphatic carbocycles. The summed E-state index contributed by atoms with van der Waals surface area (Å²) in [7, 11) is 0. The van der Waals surface area contributed by atoms with Gasteiger partial charge in [-0.05, 0) is 13.8 Å². The molecule has 1 atom stereocenters. The molecule has 6 nitrogen and oxygen atoms in total. The summed E-state index contributed by atoms with van der Waals surface area (Å²) in [6, 6.07) is 0.334. The lowest BCUT2D eigenvalue weighted by atomic mass is 10.3. The molecule has 1 N–H and O–H groups in total. The number of nitrogens with one attached hydrogen (secondary N) is 1. The third-order valence-corrected chi connectivity index (χ3v) is 2.95. The van der Waals surface area contributed by atoms with Crippen LogP contribution in [0.4, 0.5) is 0 Å². The molecule has 2 aromatic rings. The Morgan fingerprint density at radius 3 is 2.94 bits per heavy atom. The Labute approximate surface area is 106 Å². The molecule has 0 saturated heterocycles. The largest absolute Gasteiger partial charge is 0.333 e. The first-order valence-electron chi connectivity index (χ1n) is 6.22. The van der Waals surface area contributed by atoms with Crippen molar-refractivity contribution < 1.29 is 4.63 Å². The van der Waals surface area contributed by atoms with Crippen molar-refractivity contribution in [2.45, 2.75) is 46.3 Å². The number of aryl methyl sites for hydroxylation is 2. The fourth-order valence-corrected chi connectivity index (χ4v) is 1.86. The lowest BCUT2D eigenvalue weighted by Gasteiger charge is -2.15. The van der Waals surface area contributed by atoms with Crippen molar-refractivity contribution >= 4 is 0 Å². The quantitative estimate of drug-likeness (QED) is 0.836. The van der Waals surface area contributed by atoms with Gasteiger partial charge in [0.25, 0.3) is 0 Å². The molecule has 0 spiro atoms. The smallest absolute Gasteiger partial charge is 0.121 e. The number of nitrogens with zero attached hydrogens (tertiary/aromatic N) is 4. The normalized spacial score (nSPS) is 12.8. The van der Waals surface area contributed by atoms with Gasteiger partial charge in [-0.1, -0.05) is 17.2 Å². The summed E-state index contributed by atoms with van der Waals surface area (Å²) in [5.74, 6) is 1.11. The lowest BCUT2D eigenvalue weighted by Crippen LogP contribution is -2.30. The molecule has 2 rings (SSSR count). The number of imidazole rings is 1. The van der Waals surface area contributed by atoms with Crippen LogP contribution in [0, 0.1) is 6.92 Å². The molecule has 6 heteroatoms. The van der Waals surface area contributed by atoms with E-state index >= 15 is 0 Å². The SMILES string of the molecule is CCc1nccn1CC(C)NCc1nonc1C. The maximum Gasteiger partial charge on any atom is 0.121 e. The van der Waals surface area contributed by atoms with E-state index in [0.29, 0.717) is 12.6 Å². The van der Waals surface area contributed by atoms with Gasteiger partial charge in [0.15, 0.2) is 0 Å². The molecule has 0 radical (unpaired) electrons. The zero-order valence-corrected chi connectivity index (χ0v) is 11.1. The summed E-state index contributed by atoms with van der Waals surface area (Å²) in [6.45, 7) is 7.72. The van der Waals surface area contributed by atoms with Gasteiger partial charge in [-0.3, -0.25) is 0 Å². The Bertz CT molecular complexity index is 490. The first kappa shape index (κ1) is 12.8. The van der Waals surface area contributed by atoms with Gasteiger partial charge in [-0.25, -0.2) is 9.61 Å². The fraction of sp³-hybridized carbons (Fsp3) is 0.583. The van der Waals surface area contributed by atoms with E-state index in [2.05, 4.69) is 43.7 Å². The molecule has 0 amide bonds. The van der Waals surface area contributed by atoms with E-state index < -0.39 is 0 Å². The topological polar surface area (TPSA) is 68.8 Å². The van der Waals surface area contributed by atoms with E-state index in [1.54, 1.807) is 0 Å². The van der Waals surface area contributed by atoms with E-state index in [0.717, 1.165) is 30.2 Å². The molecule has 98 valence electrons. The Morgan fingerprint density at radius 2 is 2.28 bits per heavy atom. The second-order valence-electron chi connectivity index (χ2n) is 4.43. The Hall–Kier alpha value is -1.69. The van der Waals surface area contributed by atoms with Crippen LogP contribution in [-0.2, 0) is 19.5 Å². The molecule has 1 unspecified atom stereocenters. The average molecular weight is 249 g/mol. The molecule has 0 aromatic carbocycles. The van der Waals surface area contributed by atoms with Crippen molar-refractivity contribution in [1.29, 1.82) is 0 Å². The number of hydrogen-bond acceptors (Lipinski definition) is 5. The Kier molecular flexibility index (Phi) is 4.09. The van der Waals surface area contributed by atoms with Gasteiger partial charge >= 0.3 is 0 Å². The number of aromatic nitrogens is 4. The summed E-state index contributed by atoms with van der Waals surface area (Å²) in [5.41, 5.74) is 1.70. The molecular formula is C12H19N5O. The van der Waals surface area contributed by atoms with Crippen molar-refractivity contribution in [3.63, 3.8) is 0 Å². The molecule has 2 aromatic heterocycles. The van der Waals surface area contributed by atoms with Gasteiger partial charge in [0.05, 0.1) is 0 Å². The van der Waals surface area contributed by atoms with E-state index in [1.807, 2.05) is 19.3 Å². The van der Waals surface area contributed by atoms with Crippen LogP contribution in [0.3, 0.4) is 0 Å². The molecule has 0 aliphatic rings. The highest BCUT2D eigenvalue weighted by atomic mass is 16.6. The monoisotopic (exact) mass is 249 g/mol. The predicted molar refractivity (Wildman–Crippen MR) is 66.9 cm³/mol. The lowest BCUT2D eigenvalue weighted by molar-refractivity contribution is 0.299. The van der Waals surface area contributed by atoms with Crippen LogP contribution in [0.5, 0.6) is 0 Å². The van der Waals surface area contributed by atoms with E-state index in [1.165, 1.54) is 0 Å². The maximum absolute atomic E-state index is 4.66. The van der Waals surface area contributed by atoms with Crippen LogP contribution in [-0.4, -0.2) is 25.9 Å². The highest BCUT2D eigenvalue weighted by molar-refractivity contribution is 5.04. The number of rotatable bonds is 6. The van der Waals surface area contributed by atoms with Crippen molar-refractivity contribution in [2.24, 2.45) is 0 Å². The maximum atomic E-state index is 4.66. The highest BCUT2D eigenvalue weighted by Gasteiger charge is 2.09. The summed E-state index contributed by atoms with van der Waals surface area (Å²) in [6.07, 6.45) is 4.81. The minimum atomic E-state index is 0.334. The van der Waals surface area contributed by atoms with Gasteiger partial charge in [-0.2, -0.15) is 0 Å². The molecule has 0 fully saturated rings. The van der Waals surface area contributed by atoms with Crippen LogP contribution >= 0.6 is 0 Å². The zero-order chi connectivity index (χ0) is 13.0. The fourth-order valence-electron chi connectivity index (χ4n) is 1.86. The highest BCUT2D eigenvalue weighted by Crippen LogP contribution is 2.03. The van der Waals surface area contributed by atoms with Crippen LogP contribution in [0.2, 0.25) is 0 Å². The molecule has 2 heterocycles. The summed E-state index contributed by atoms with van der Waals surface area (Å²) in [4.78, 5) is 4.31. The Morgan fingerprint density at radius 1 is 1.44 bits per heavy atom. The zero-order valence-electron chi connectivity index (χ0n) is 11.1. The first-order chi connectivity index (χ1) is 8.70.